The van der Waals surface area contributed by atoms with E-state index in [4.69, 9.17) is 9.47 Å². The van der Waals surface area contributed by atoms with Crippen LogP contribution in [0.2, 0.25) is 0 Å². The number of hydrogen-bond donors (Lipinski definition) is 2. The van der Waals surface area contributed by atoms with Crippen LogP contribution in [-0.4, -0.2) is 31.0 Å². The van der Waals surface area contributed by atoms with Gasteiger partial charge in [0, 0.05) is 19.2 Å². The largest absolute Gasteiger partial charge is 0.493 e. The summed E-state index contributed by atoms with van der Waals surface area (Å²) in [5.74, 6) is 1.95. The van der Waals surface area contributed by atoms with Crippen LogP contribution in [0.25, 0.3) is 0 Å². The minimum atomic E-state index is 0.130. The summed E-state index contributed by atoms with van der Waals surface area (Å²) in [6.45, 7) is 5.08. The zero-order valence-corrected chi connectivity index (χ0v) is 14.0. The molecule has 2 atom stereocenters. The van der Waals surface area contributed by atoms with Gasteiger partial charge < -0.3 is 19.9 Å². The summed E-state index contributed by atoms with van der Waals surface area (Å²) in [6, 6.07) is 6.49. The zero-order chi connectivity index (χ0) is 15.9. The molecule has 1 aliphatic carbocycles. The average molecular weight is 307 g/mol. The number of aliphatic hydroxyl groups excluding tert-OH is 1. The summed E-state index contributed by atoms with van der Waals surface area (Å²) in [7, 11) is 1.67. The molecular weight excluding hydrogens is 278 g/mol. The molecule has 1 saturated carbocycles. The van der Waals surface area contributed by atoms with Crippen LogP contribution < -0.4 is 14.8 Å². The van der Waals surface area contributed by atoms with Gasteiger partial charge in [-0.05, 0) is 50.3 Å². The van der Waals surface area contributed by atoms with Crippen molar-refractivity contribution in [1.29, 1.82) is 0 Å². The van der Waals surface area contributed by atoms with Gasteiger partial charge in [-0.15, -0.1) is 0 Å². The van der Waals surface area contributed by atoms with Crippen molar-refractivity contribution in [3.63, 3.8) is 0 Å². The lowest BCUT2D eigenvalue weighted by Crippen LogP contribution is -2.39. The van der Waals surface area contributed by atoms with Gasteiger partial charge in [-0.3, -0.25) is 0 Å². The Morgan fingerprint density at radius 3 is 2.68 bits per heavy atom. The lowest BCUT2D eigenvalue weighted by molar-refractivity contribution is 0.152. The quantitative estimate of drug-likeness (QED) is 0.812. The first-order chi connectivity index (χ1) is 10.6. The molecule has 0 saturated heterocycles. The normalized spacial score (nSPS) is 21.9. The molecule has 0 bridgehead atoms. The van der Waals surface area contributed by atoms with Crippen molar-refractivity contribution in [1.82, 2.24) is 5.32 Å². The lowest BCUT2D eigenvalue weighted by Gasteiger charge is -2.31. The van der Waals surface area contributed by atoms with Gasteiger partial charge in [0.15, 0.2) is 11.5 Å². The Labute approximate surface area is 133 Å². The second kappa shape index (κ2) is 8.39. The summed E-state index contributed by atoms with van der Waals surface area (Å²) < 4.78 is 11.2. The Bertz CT molecular complexity index is 462. The first-order valence-corrected chi connectivity index (χ1v) is 8.32. The molecule has 1 aromatic carbocycles. The van der Waals surface area contributed by atoms with Crippen LogP contribution >= 0.6 is 0 Å². The topological polar surface area (TPSA) is 50.7 Å². The van der Waals surface area contributed by atoms with E-state index in [2.05, 4.69) is 11.4 Å². The van der Waals surface area contributed by atoms with E-state index >= 15 is 0 Å². The number of hydrogen-bond acceptors (Lipinski definition) is 4. The molecule has 0 heterocycles. The van der Waals surface area contributed by atoms with E-state index in [0.29, 0.717) is 12.0 Å². The van der Waals surface area contributed by atoms with Crippen molar-refractivity contribution in [2.75, 3.05) is 13.7 Å². The molecule has 2 N–H and O–H groups in total. The molecule has 0 spiro atoms. The van der Waals surface area contributed by atoms with Crippen molar-refractivity contribution in [2.24, 2.45) is 5.92 Å². The highest BCUT2D eigenvalue weighted by atomic mass is 16.5. The number of benzene rings is 1. The van der Waals surface area contributed by atoms with Crippen LogP contribution in [0.4, 0.5) is 0 Å². The molecule has 1 aliphatic rings. The maximum Gasteiger partial charge on any atom is 0.161 e. The highest BCUT2D eigenvalue weighted by Crippen LogP contribution is 2.29. The van der Waals surface area contributed by atoms with E-state index in [-0.39, 0.29) is 12.7 Å². The number of aliphatic hydroxyl groups is 1. The maximum atomic E-state index is 9.48. The Morgan fingerprint density at radius 2 is 2.00 bits per heavy atom. The average Bonchev–Trinajstić information content (AvgIpc) is 2.53. The Morgan fingerprint density at radius 1 is 1.23 bits per heavy atom. The van der Waals surface area contributed by atoms with Crippen LogP contribution in [0.1, 0.15) is 45.1 Å². The Hall–Kier alpha value is -1.26. The smallest absolute Gasteiger partial charge is 0.161 e. The van der Waals surface area contributed by atoms with E-state index in [0.717, 1.165) is 30.9 Å². The molecule has 4 heteroatoms. The Balaban J connectivity index is 1.97. The third kappa shape index (κ3) is 4.62. The fourth-order valence-corrected chi connectivity index (χ4v) is 3.12. The fourth-order valence-electron chi connectivity index (χ4n) is 3.12. The van der Waals surface area contributed by atoms with Crippen LogP contribution in [0.3, 0.4) is 0 Å². The SMILES string of the molecule is COc1cc(CNC2CCCCC2CO)ccc1OC(C)C. The Kier molecular flexibility index (Phi) is 6.52. The highest BCUT2D eigenvalue weighted by molar-refractivity contribution is 5.43. The van der Waals surface area contributed by atoms with Crippen molar-refractivity contribution in [3.8, 4) is 11.5 Å². The molecule has 1 fully saturated rings. The first kappa shape index (κ1) is 17.1. The van der Waals surface area contributed by atoms with E-state index in [1.807, 2.05) is 26.0 Å². The summed E-state index contributed by atoms with van der Waals surface area (Å²) in [6.07, 6.45) is 4.89. The van der Waals surface area contributed by atoms with Gasteiger partial charge in [0.05, 0.1) is 13.2 Å². The predicted molar refractivity (Wildman–Crippen MR) is 88.4 cm³/mol. The molecular formula is C18H29NO3. The maximum absolute atomic E-state index is 9.48. The van der Waals surface area contributed by atoms with E-state index in [1.54, 1.807) is 7.11 Å². The first-order valence-electron chi connectivity index (χ1n) is 8.32. The zero-order valence-electron chi connectivity index (χ0n) is 14.0. The fraction of sp³-hybridized carbons (Fsp3) is 0.667. The van der Waals surface area contributed by atoms with Gasteiger partial charge >= 0.3 is 0 Å². The van der Waals surface area contributed by atoms with E-state index in [1.165, 1.54) is 18.4 Å². The van der Waals surface area contributed by atoms with Crippen molar-refractivity contribution in [3.05, 3.63) is 23.8 Å². The van der Waals surface area contributed by atoms with Crippen LogP contribution in [0.5, 0.6) is 11.5 Å². The minimum Gasteiger partial charge on any atom is -0.493 e. The van der Waals surface area contributed by atoms with Gasteiger partial charge in [-0.25, -0.2) is 0 Å². The van der Waals surface area contributed by atoms with Crippen LogP contribution in [0.15, 0.2) is 18.2 Å². The third-order valence-corrected chi connectivity index (χ3v) is 4.30. The van der Waals surface area contributed by atoms with Crippen molar-refractivity contribution in [2.45, 2.75) is 58.2 Å². The van der Waals surface area contributed by atoms with Crippen LogP contribution in [-0.2, 0) is 6.54 Å². The molecule has 0 radical (unpaired) electrons. The molecule has 2 rings (SSSR count). The molecule has 22 heavy (non-hydrogen) atoms. The molecule has 124 valence electrons. The van der Waals surface area contributed by atoms with E-state index in [9.17, 15) is 5.11 Å². The molecule has 4 nitrogen and oxygen atoms in total. The van der Waals surface area contributed by atoms with Gasteiger partial charge in [0.2, 0.25) is 0 Å². The standard InChI is InChI=1S/C18H29NO3/c1-13(2)22-17-9-8-14(10-18(17)21-3)11-19-16-7-5-4-6-15(16)12-20/h8-10,13,15-16,19-20H,4-7,11-12H2,1-3H3. The monoisotopic (exact) mass is 307 g/mol. The summed E-state index contributed by atoms with van der Waals surface area (Å²) in [4.78, 5) is 0. The van der Waals surface area contributed by atoms with Crippen LogP contribution in [0, 0.1) is 5.92 Å². The molecule has 1 aromatic rings. The molecule has 0 aromatic heterocycles. The lowest BCUT2D eigenvalue weighted by atomic mass is 9.85. The molecule has 0 aliphatic heterocycles. The number of ether oxygens (including phenoxy) is 2. The molecule has 0 amide bonds. The van der Waals surface area contributed by atoms with E-state index < -0.39 is 0 Å². The number of nitrogens with one attached hydrogen (secondary N) is 1. The van der Waals surface area contributed by atoms with Gasteiger partial charge in [0.25, 0.3) is 0 Å². The predicted octanol–water partition coefficient (Wildman–Crippen LogP) is 3.12. The van der Waals surface area contributed by atoms with Gasteiger partial charge in [-0.2, -0.15) is 0 Å². The van der Waals surface area contributed by atoms with Gasteiger partial charge in [0.1, 0.15) is 0 Å². The van der Waals surface area contributed by atoms with Gasteiger partial charge in [-0.1, -0.05) is 18.9 Å². The third-order valence-electron chi connectivity index (χ3n) is 4.30. The summed E-state index contributed by atoms with van der Waals surface area (Å²) in [5, 5.41) is 13.1. The second-order valence-corrected chi connectivity index (χ2v) is 6.37. The minimum absolute atomic E-state index is 0.130. The number of methoxy groups -OCH3 is 1. The molecule has 2 unspecified atom stereocenters. The van der Waals surface area contributed by atoms with Crippen molar-refractivity contribution >= 4 is 0 Å². The highest BCUT2D eigenvalue weighted by Gasteiger charge is 2.23. The van der Waals surface area contributed by atoms with Crippen molar-refractivity contribution < 1.29 is 14.6 Å². The summed E-state index contributed by atoms with van der Waals surface area (Å²) in [5.41, 5.74) is 1.18. The second-order valence-electron chi connectivity index (χ2n) is 6.37. The summed E-state index contributed by atoms with van der Waals surface area (Å²) >= 11 is 0. The number of rotatable bonds is 7.